The van der Waals surface area contributed by atoms with Crippen molar-refractivity contribution in [2.75, 3.05) is 19.8 Å². The lowest BCUT2D eigenvalue weighted by atomic mass is 9.62. The zero-order valence-electron chi connectivity index (χ0n) is 32.8. The average molecular weight is 816 g/mol. The quantitative estimate of drug-likeness (QED) is 0.0961. The summed E-state index contributed by atoms with van der Waals surface area (Å²) < 4.78 is 61.7. The van der Waals surface area contributed by atoms with Gasteiger partial charge in [-0.25, -0.2) is 4.79 Å². The van der Waals surface area contributed by atoms with Crippen LogP contribution >= 0.6 is 0 Å². The molecular formula is C42H52F3N3O10. The number of alkyl halides is 3. The summed E-state index contributed by atoms with van der Waals surface area (Å²) in [4.78, 5) is 60.2. The number of carbonyl (C=O) groups is 4. The molecule has 4 aliphatic rings. The predicted molar refractivity (Wildman–Crippen MR) is 202 cm³/mol. The summed E-state index contributed by atoms with van der Waals surface area (Å²) in [6.07, 6.45) is 1.41. The number of aliphatic hydroxyl groups is 1. The van der Waals surface area contributed by atoms with Gasteiger partial charge in [-0.05, 0) is 47.7 Å². The molecule has 1 saturated carbocycles. The highest BCUT2D eigenvalue weighted by Gasteiger charge is 2.76. The third-order valence-corrected chi connectivity index (χ3v) is 11.1. The molecule has 3 saturated heterocycles. The molecule has 0 radical (unpaired) electrons. The molecule has 0 aromatic heterocycles. The Balaban J connectivity index is 1.29. The van der Waals surface area contributed by atoms with Crippen LogP contribution in [0.4, 0.5) is 13.2 Å². The number of amides is 2. The summed E-state index contributed by atoms with van der Waals surface area (Å²) in [6, 6.07) is 12.3. The zero-order valence-corrected chi connectivity index (χ0v) is 32.8. The van der Waals surface area contributed by atoms with Gasteiger partial charge >= 0.3 is 18.1 Å². The predicted octanol–water partition coefficient (Wildman–Crippen LogP) is 5.28. The number of carbonyl (C=O) groups excluding carboxylic acids is 4. The van der Waals surface area contributed by atoms with Gasteiger partial charge in [0.2, 0.25) is 5.91 Å². The van der Waals surface area contributed by atoms with Crippen molar-refractivity contribution in [3.63, 3.8) is 0 Å². The van der Waals surface area contributed by atoms with Crippen LogP contribution in [0.25, 0.3) is 6.08 Å². The van der Waals surface area contributed by atoms with E-state index in [-0.39, 0.29) is 38.6 Å². The second kappa shape index (κ2) is 18.7. The number of nitrogens with one attached hydrogen (secondary N) is 2. The molecule has 2 aromatic carbocycles. The normalized spacial score (nSPS) is 26.0. The molecule has 6 atom stereocenters. The summed E-state index contributed by atoms with van der Waals surface area (Å²) in [5, 5.41) is 16.2. The standard InChI is InChI=1S/C42H52F3N3O10/c1-3-5-7-17-40(18-8-6-4-2)56-33-31-23-41(39(53)47-24-28-12-10-14-30(22-28)37(51)46-19-20-49)35(38(52)55-31)48(58-36(41)34(33)57-40)25-29-13-9-11-27(21-29)15-16-32(50)54-26-42(43,44)45/h9-16,21-22,31,33-36,49H,3-8,17-20,23-26H2,1-2H3,(H,46,51)(H,47,53). The maximum Gasteiger partial charge on any atom is 0.422 e. The largest absolute Gasteiger partial charge is 0.458 e. The highest BCUT2D eigenvalue weighted by molar-refractivity contribution is 5.95. The molecule has 3 aliphatic heterocycles. The van der Waals surface area contributed by atoms with Crippen molar-refractivity contribution < 1.29 is 61.2 Å². The molecule has 6 rings (SSSR count). The van der Waals surface area contributed by atoms with Crippen molar-refractivity contribution in [2.45, 2.75) is 127 Å². The highest BCUT2D eigenvalue weighted by atomic mass is 19.4. The van der Waals surface area contributed by atoms with E-state index in [0.717, 1.165) is 44.6 Å². The molecule has 6 unspecified atom stereocenters. The first kappa shape index (κ1) is 43.2. The first-order valence-corrected chi connectivity index (χ1v) is 20.1. The molecule has 1 aliphatic carbocycles. The average Bonchev–Trinajstić information content (AvgIpc) is 3.76. The van der Waals surface area contributed by atoms with E-state index in [1.165, 1.54) is 11.1 Å². The number of fused-ring (bicyclic) bond motifs is 4. The molecule has 2 bridgehead atoms. The summed E-state index contributed by atoms with van der Waals surface area (Å²) in [6.45, 7) is 2.44. The van der Waals surface area contributed by atoms with Gasteiger partial charge in [0.25, 0.3) is 5.91 Å². The van der Waals surface area contributed by atoms with E-state index in [1.807, 2.05) is 0 Å². The zero-order chi connectivity index (χ0) is 41.5. The molecular weight excluding hydrogens is 763 g/mol. The van der Waals surface area contributed by atoms with Crippen LogP contribution in [0.5, 0.6) is 0 Å². The Labute approximate surface area is 335 Å². The van der Waals surface area contributed by atoms with Crippen LogP contribution in [-0.4, -0.2) is 96.1 Å². The Morgan fingerprint density at radius 3 is 2.38 bits per heavy atom. The number of unbranched alkanes of at least 4 members (excludes halogenated alkanes) is 4. The van der Waals surface area contributed by atoms with Crippen molar-refractivity contribution in [3.8, 4) is 0 Å². The molecule has 2 aromatic rings. The third kappa shape index (κ3) is 9.74. The second-order valence-electron chi connectivity index (χ2n) is 15.4. The van der Waals surface area contributed by atoms with Gasteiger partial charge < -0.3 is 34.7 Å². The highest BCUT2D eigenvalue weighted by Crippen LogP contribution is 2.58. The van der Waals surface area contributed by atoms with Gasteiger partial charge in [-0.1, -0.05) is 75.9 Å². The van der Waals surface area contributed by atoms with Gasteiger partial charge in [-0.3, -0.25) is 19.2 Å². The molecule has 58 heavy (non-hydrogen) atoms. The Morgan fingerprint density at radius 1 is 0.966 bits per heavy atom. The van der Waals surface area contributed by atoms with E-state index < -0.39 is 72.3 Å². The maximum atomic E-state index is 14.8. The minimum absolute atomic E-state index is 0.00243. The Kier molecular flexibility index (Phi) is 13.9. The van der Waals surface area contributed by atoms with Crippen molar-refractivity contribution in [3.05, 3.63) is 76.9 Å². The summed E-state index contributed by atoms with van der Waals surface area (Å²) in [5.74, 6) is -3.59. The van der Waals surface area contributed by atoms with Crippen molar-refractivity contribution in [1.29, 1.82) is 0 Å². The van der Waals surface area contributed by atoms with Crippen LogP contribution in [0.15, 0.2) is 54.6 Å². The van der Waals surface area contributed by atoms with E-state index in [0.29, 0.717) is 35.1 Å². The lowest BCUT2D eigenvalue weighted by Crippen LogP contribution is -2.69. The minimum atomic E-state index is -4.66. The maximum absolute atomic E-state index is 14.8. The lowest BCUT2D eigenvalue weighted by molar-refractivity contribution is -0.224. The number of hydrogen-bond donors (Lipinski definition) is 3. The van der Waals surface area contributed by atoms with Crippen LogP contribution in [0.3, 0.4) is 0 Å². The Hall–Kier alpha value is -4.35. The van der Waals surface area contributed by atoms with E-state index in [9.17, 15) is 32.3 Å². The van der Waals surface area contributed by atoms with Crippen LogP contribution < -0.4 is 10.6 Å². The number of hydroxylamine groups is 2. The lowest BCUT2D eigenvalue weighted by Gasteiger charge is -2.48. The van der Waals surface area contributed by atoms with E-state index in [1.54, 1.807) is 48.5 Å². The van der Waals surface area contributed by atoms with Gasteiger partial charge in [0.05, 0.1) is 13.2 Å². The van der Waals surface area contributed by atoms with Gasteiger partial charge in [-0.15, -0.1) is 0 Å². The smallest absolute Gasteiger partial charge is 0.422 e. The van der Waals surface area contributed by atoms with Crippen molar-refractivity contribution in [1.82, 2.24) is 15.7 Å². The van der Waals surface area contributed by atoms with E-state index >= 15 is 0 Å². The topological polar surface area (TPSA) is 162 Å². The molecule has 316 valence electrons. The number of benzene rings is 2. The SMILES string of the molecule is CCCCCC1(CCCCC)OC2C3CC4(C(=O)NCc5cccc(C(=O)NCCO)c5)C(ON(Cc5cccc(C=CC(=O)OCC(F)(F)F)c5)C4C(=O)O3)C2O1. The van der Waals surface area contributed by atoms with Gasteiger partial charge in [0.1, 0.15) is 29.8 Å². The van der Waals surface area contributed by atoms with E-state index in [2.05, 4.69) is 29.2 Å². The summed E-state index contributed by atoms with van der Waals surface area (Å²) >= 11 is 0. The number of rotatable bonds is 19. The van der Waals surface area contributed by atoms with Gasteiger partial charge in [0, 0.05) is 44.0 Å². The van der Waals surface area contributed by atoms with E-state index in [4.69, 9.17) is 24.2 Å². The monoisotopic (exact) mass is 815 g/mol. The molecule has 13 nitrogen and oxygen atoms in total. The fraction of sp³-hybridized carbons (Fsp3) is 0.571. The minimum Gasteiger partial charge on any atom is -0.458 e. The Morgan fingerprint density at radius 2 is 1.67 bits per heavy atom. The molecule has 16 heteroatoms. The number of aliphatic hydroxyl groups excluding tert-OH is 1. The van der Waals surface area contributed by atoms with Crippen molar-refractivity contribution >= 4 is 29.8 Å². The molecule has 4 fully saturated rings. The fourth-order valence-electron chi connectivity index (χ4n) is 8.48. The van der Waals surface area contributed by atoms with Gasteiger partial charge in [-0.2, -0.15) is 18.2 Å². The molecule has 0 spiro atoms. The third-order valence-electron chi connectivity index (χ3n) is 11.1. The Bertz CT molecular complexity index is 1810. The van der Waals surface area contributed by atoms with Gasteiger partial charge in [0.15, 0.2) is 18.4 Å². The van der Waals surface area contributed by atoms with Crippen LogP contribution in [0, 0.1) is 5.41 Å². The number of halogens is 3. The number of ether oxygens (including phenoxy) is 4. The van der Waals surface area contributed by atoms with Crippen LogP contribution in [-0.2, 0) is 51.3 Å². The molecule has 3 heterocycles. The van der Waals surface area contributed by atoms with Crippen molar-refractivity contribution in [2.24, 2.45) is 5.41 Å². The number of esters is 2. The van der Waals surface area contributed by atoms with Crippen LogP contribution in [0.2, 0.25) is 0 Å². The first-order valence-electron chi connectivity index (χ1n) is 20.1. The second-order valence-corrected chi connectivity index (χ2v) is 15.4. The summed E-state index contributed by atoms with van der Waals surface area (Å²) in [5.41, 5.74) is 0.599. The molecule has 3 N–H and O–H groups in total. The van der Waals surface area contributed by atoms with Crippen LogP contribution in [0.1, 0.15) is 98.7 Å². The number of hydrogen-bond acceptors (Lipinski definition) is 11. The molecule has 2 amide bonds. The first-order chi connectivity index (χ1) is 27.8. The number of nitrogens with zero attached hydrogens (tertiary/aromatic N) is 1. The summed E-state index contributed by atoms with van der Waals surface area (Å²) in [7, 11) is 0. The fourth-order valence-corrected chi connectivity index (χ4v) is 8.48.